The second kappa shape index (κ2) is 9.54. The number of esters is 2. The predicted molar refractivity (Wildman–Crippen MR) is 105 cm³/mol. The average molecular weight is 408 g/mol. The molecule has 0 fully saturated rings. The van der Waals surface area contributed by atoms with E-state index < -0.39 is 29.6 Å². The molecule has 0 spiro atoms. The number of Topliss-reactive ketones (excluding diaryl/α,β-unsaturated/α-hetero) is 1. The van der Waals surface area contributed by atoms with E-state index in [1.54, 1.807) is 32.0 Å². The number of fused-ring (bicyclic) bond motifs is 1. The maximum Gasteiger partial charge on any atom is 0.317 e. The number of rotatable bonds is 9. The molecule has 7 nitrogen and oxygen atoms in total. The molecule has 28 heavy (non-hydrogen) atoms. The number of hydrogen-bond donors (Lipinski definition) is 0. The van der Waals surface area contributed by atoms with E-state index in [0.717, 1.165) is 10.1 Å². The number of benzene rings is 1. The first-order chi connectivity index (χ1) is 13.4. The Morgan fingerprint density at radius 1 is 0.964 bits per heavy atom. The summed E-state index contributed by atoms with van der Waals surface area (Å²) in [5.74, 6) is -2.89. The zero-order valence-corrected chi connectivity index (χ0v) is 17.4. The maximum absolute atomic E-state index is 13.2. The van der Waals surface area contributed by atoms with Crippen LogP contribution < -0.4 is 9.47 Å². The Hall–Kier alpha value is -2.61. The molecule has 0 aliphatic heterocycles. The maximum atomic E-state index is 13.2. The lowest BCUT2D eigenvalue weighted by atomic mass is 9.86. The van der Waals surface area contributed by atoms with Crippen LogP contribution >= 0.6 is 11.3 Å². The standard InChI is InChI=1S/C20H24O7S/c1-6-12(19(22)26-5)17(20(23)27-7-2)18(21)16-9-11-8-13(24-3)14(25-4)10-15(11)28-16/h8-10,12,17H,6-7H2,1-5H3. The highest BCUT2D eigenvalue weighted by Crippen LogP contribution is 2.37. The van der Waals surface area contributed by atoms with E-state index in [-0.39, 0.29) is 13.0 Å². The zero-order chi connectivity index (χ0) is 20.8. The van der Waals surface area contributed by atoms with Gasteiger partial charge in [-0.25, -0.2) is 0 Å². The van der Waals surface area contributed by atoms with Crippen molar-refractivity contribution in [1.82, 2.24) is 0 Å². The molecule has 2 aromatic rings. The third-order valence-corrected chi connectivity index (χ3v) is 5.55. The molecule has 0 aliphatic rings. The van der Waals surface area contributed by atoms with Crippen LogP contribution in [0.1, 0.15) is 29.9 Å². The molecule has 1 aromatic carbocycles. The summed E-state index contributed by atoms with van der Waals surface area (Å²) in [5, 5.41) is 0.778. The second-order valence-corrected chi connectivity index (χ2v) is 7.07. The van der Waals surface area contributed by atoms with E-state index in [0.29, 0.717) is 16.4 Å². The van der Waals surface area contributed by atoms with Crippen LogP contribution in [0.2, 0.25) is 0 Å². The minimum absolute atomic E-state index is 0.112. The smallest absolute Gasteiger partial charge is 0.317 e. The van der Waals surface area contributed by atoms with Gasteiger partial charge in [-0.15, -0.1) is 11.3 Å². The fraction of sp³-hybridized carbons (Fsp3) is 0.450. The average Bonchev–Trinajstić information content (AvgIpc) is 3.12. The fourth-order valence-electron chi connectivity index (χ4n) is 3.02. The molecule has 2 rings (SSSR count). The SMILES string of the molecule is CCOC(=O)C(C(=O)c1cc2cc(OC)c(OC)cc2s1)C(CC)C(=O)OC. The lowest BCUT2D eigenvalue weighted by molar-refractivity contribution is -0.157. The Morgan fingerprint density at radius 2 is 1.61 bits per heavy atom. The van der Waals surface area contributed by atoms with Gasteiger partial charge in [0, 0.05) is 10.8 Å². The summed E-state index contributed by atoms with van der Waals surface area (Å²) >= 11 is 1.22. The lowest BCUT2D eigenvalue weighted by Gasteiger charge is -2.21. The Bertz CT molecular complexity index is 830. The number of carbonyl (C=O) groups excluding carboxylic acids is 3. The summed E-state index contributed by atoms with van der Waals surface area (Å²) in [6.45, 7) is 3.49. The topological polar surface area (TPSA) is 88.1 Å². The van der Waals surface area contributed by atoms with Gasteiger partial charge in [-0.1, -0.05) is 6.92 Å². The highest BCUT2D eigenvalue weighted by atomic mass is 32.1. The lowest BCUT2D eigenvalue weighted by Crippen LogP contribution is -2.37. The molecule has 2 atom stereocenters. The summed E-state index contributed by atoms with van der Waals surface area (Å²) in [7, 11) is 4.29. The summed E-state index contributed by atoms with van der Waals surface area (Å²) in [5.41, 5.74) is 0. The number of methoxy groups -OCH3 is 3. The first kappa shape index (κ1) is 21.7. The molecule has 0 bridgehead atoms. The summed E-state index contributed by atoms with van der Waals surface area (Å²) in [6.07, 6.45) is 0.272. The van der Waals surface area contributed by atoms with Crippen molar-refractivity contribution < 1.29 is 33.3 Å². The second-order valence-electron chi connectivity index (χ2n) is 5.99. The van der Waals surface area contributed by atoms with Gasteiger partial charge in [-0.2, -0.15) is 0 Å². The Labute approximate surface area is 167 Å². The van der Waals surface area contributed by atoms with Gasteiger partial charge in [-0.3, -0.25) is 14.4 Å². The molecular weight excluding hydrogens is 384 g/mol. The van der Waals surface area contributed by atoms with E-state index in [1.165, 1.54) is 32.7 Å². The molecule has 152 valence electrons. The minimum Gasteiger partial charge on any atom is -0.493 e. The van der Waals surface area contributed by atoms with Crippen molar-refractivity contribution in [3.8, 4) is 11.5 Å². The van der Waals surface area contributed by atoms with Crippen molar-refractivity contribution in [2.45, 2.75) is 20.3 Å². The van der Waals surface area contributed by atoms with Crippen molar-refractivity contribution in [2.75, 3.05) is 27.9 Å². The van der Waals surface area contributed by atoms with Gasteiger partial charge < -0.3 is 18.9 Å². The number of carbonyl (C=O) groups is 3. The van der Waals surface area contributed by atoms with Gasteiger partial charge in [0.25, 0.3) is 0 Å². The molecule has 0 saturated heterocycles. The predicted octanol–water partition coefficient (Wildman–Crippen LogP) is 3.48. The van der Waals surface area contributed by atoms with Gasteiger partial charge in [0.1, 0.15) is 5.92 Å². The van der Waals surface area contributed by atoms with Crippen molar-refractivity contribution in [1.29, 1.82) is 0 Å². The molecular formula is C20H24O7S. The molecule has 1 aromatic heterocycles. The monoisotopic (exact) mass is 408 g/mol. The van der Waals surface area contributed by atoms with Crippen molar-refractivity contribution in [3.05, 3.63) is 23.1 Å². The van der Waals surface area contributed by atoms with Crippen molar-refractivity contribution in [2.24, 2.45) is 11.8 Å². The van der Waals surface area contributed by atoms with Gasteiger partial charge in [0.2, 0.25) is 0 Å². The van der Waals surface area contributed by atoms with E-state index in [4.69, 9.17) is 18.9 Å². The molecule has 0 N–H and O–H groups in total. The number of ketones is 1. The van der Waals surface area contributed by atoms with Gasteiger partial charge in [0.05, 0.1) is 38.7 Å². The summed E-state index contributed by atoms with van der Waals surface area (Å²) in [6, 6.07) is 5.21. The van der Waals surface area contributed by atoms with E-state index in [2.05, 4.69) is 0 Å². The Balaban J connectivity index is 2.50. The van der Waals surface area contributed by atoms with Gasteiger partial charge in [0.15, 0.2) is 17.3 Å². The molecule has 0 amide bonds. The molecule has 2 unspecified atom stereocenters. The molecule has 0 aliphatic carbocycles. The molecule has 0 saturated carbocycles. The Kier molecular flexibility index (Phi) is 7.39. The molecule has 1 heterocycles. The minimum atomic E-state index is -1.26. The van der Waals surface area contributed by atoms with Crippen LogP contribution in [0, 0.1) is 11.8 Å². The van der Waals surface area contributed by atoms with Gasteiger partial charge in [-0.05, 0) is 30.9 Å². The summed E-state index contributed by atoms with van der Waals surface area (Å²) < 4.78 is 21.2. The van der Waals surface area contributed by atoms with Gasteiger partial charge >= 0.3 is 11.9 Å². The van der Waals surface area contributed by atoms with Crippen LogP contribution in [0.15, 0.2) is 18.2 Å². The quantitative estimate of drug-likeness (QED) is 0.356. The van der Waals surface area contributed by atoms with Crippen molar-refractivity contribution >= 4 is 39.1 Å². The third-order valence-electron chi connectivity index (χ3n) is 4.43. The van der Waals surface area contributed by atoms with Crippen LogP contribution in [0.5, 0.6) is 11.5 Å². The van der Waals surface area contributed by atoms with E-state index >= 15 is 0 Å². The molecule has 0 radical (unpaired) electrons. The highest BCUT2D eigenvalue weighted by molar-refractivity contribution is 7.20. The number of ether oxygens (including phenoxy) is 4. The first-order valence-electron chi connectivity index (χ1n) is 8.85. The third kappa shape index (κ3) is 4.27. The largest absolute Gasteiger partial charge is 0.493 e. The van der Waals surface area contributed by atoms with Crippen LogP contribution in [-0.2, 0) is 19.1 Å². The first-order valence-corrected chi connectivity index (χ1v) is 9.67. The Morgan fingerprint density at radius 3 is 2.14 bits per heavy atom. The zero-order valence-electron chi connectivity index (χ0n) is 16.6. The summed E-state index contributed by atoms with van der Waals surface area (Å²) in [4.78, 5) is 38.2. The highest BCUT2D eigenvalue weighted by Gasteiger charge is 2.41. The number of hydrogen-bond acceptors (Lipinski definition) is 8. The molecule has 8 heteroatoms. The number of thiophene rings is 1. The normalized spacial score (nSPS) is 12.9. The van der Waals surface area contributed by atoms with Crippen LogP contribution in [0.25, 0.3) is 10.1 Å². The van der Waals surface area contributed by atoms with Crippen LogP contribution in [0.3, 0.4) is 0 Å². The van der Waals surface area contributed by atoms with Crippen LogP contribution in [0.4, 0.5) is 0 Å². The van der Waals surface area contributed by atoms with Crippen LogP contribution in [-0.4, -0.2) is 45.7 Å². The fourth-order valence-corrected chi connectivity index (χ4v) is 4.07. The van der Waals surface area contributed by atoms with E-state index in [9.17, 15) is 14.4 Å². The van der Waals surface area contributed by atoms with E-state index in [1.807, 2.05) is 0 Å². The van der Waals surface area contributed by atoms with Crippen molar-refractivity contribution in [3.63, 3.8) is 0 Å².